The number of rotatable bonds is 10. The Labute approximate surface area is 268 Å². The Morgan fingerprint density at radius 2 is 1.55 bits per heavy atom. The Morgan fingerprint density at radius 3 is 2.18 bits per heavy atom. The van der Waals surface area contributed by atoms with Crippen LogP contribution < -0.4 is 10.2 Å². The van der Waals surface area contributed by atoms with Crippen LogP contribution in [0.5, 0.6) is 0 Å². The number of quaternary nitrogens is 1. The largest absolute Gasteiger partial charge is 0.454 e. The first-order valence-electron chi connectivity index (χ1n) is 15.3. The maximum absolute atomic E-state index is 13.6. The second-order valence-electron chi connectivity index (χ2n) is 11.1. The first-order valence-corrected chi connectivity index (χ1v) is 16.9. The summed E-state index contributed by atoms with van der Waals surface area (Å²) in [5.41, 5.74) is 2.84. The molecule has 44 heavy (non-hydrogen) atoms. The van der Waals surface area contributed by atoms with Gasteiger partial charge in [-0.2, -0.15) is 0 Å². The number of likely N-dealkylation sites (tertiary alicyclic amines) is 1. The van der Waals surface area contributed by atoms with Crippen molar-refractivity contribution in [3.63, 3.8) is 0 Å². The number of ether oxygens (including phenoxy) is 2. The van der Waals surface area contributed by atoms with E-state index in [0.29, 0.717) is 50.5 Å². The van der Waals surface area contributed by atoms with Crippen molar-refractivity contribution in [2.75, 3.05) is 57.1 Å². The first kappa shape index (κ1) is 33.4. The number of esters is 1. The predicted octanol–water partition coefficient (Wildman–Crippen LogP) is 4.43. The number of halogens is 1. The summed E-state index contributed by atoms with van der Waals surface area (Å²) in [4.78, 5) is 42.5. The van der Waals surface area contributed by atoms with Gasteiger partial charge in [0.2, 0.25) is 5.78 Å². The predicted molar refractivity (Wildman–Crippen MR) is 175 cm³/mol. The number of nitrogens with zero attached hydrogens (tertiary/aromatic N) is 1. The lowest BCUT2D eigenvalue weighted by molar-refractivity contribution is -0.901. The van der Waals surface area contributed by atoms with Crippen LogP contribution in [-0.4, -0.2) is 80.4 Å². The van der Waals surface area contributed by atoms with Crippen LogP contribution in [0.25, 0.3) is 0 Å². The van der Waals surface area contributed by atoms with Crippen LogP contribution in [0.15, 0.2) is 84.9 Å². The van der Waals surface area contributed by atoms with E-state index < -0.39 is 6.04 Å². The molecular weight excluding hydrogens is 622 g/mol. The Kier molecular flexibility index (Phi) is 13.0. The van der Waals surface area contributed by atoms with E-state index in [1.807, 2.05) is 66.5 Å². The smallest absolute Gasteiger partial charge is 0.333 e. The zero-order valence-electron chi connectivity index (χ0n) is 25.5. The van der Waals surface area contributed by atoms with Gasteiger partial charge in [-0.1, -0.05) is 83.5 Å². The summed E-state index contributed by atoms with van der Waals surface area (Å²) in [6.45, 7) is 6.11. The third-order valence-corrected chi connectivity index (χ3v) is 8.29. The van der Waals surface area contributed by atoms with Crippen LogP contribution in [0.3, 0.4) is 0 Å². The highest BCUT2D eigenvalue weighted by Gasteiger charge is 2.36. The minimum absolute atomic E-state index is 0.0169. The van der Waals surface area contributed by atoms with Crippen LogP contribution in [0.2, 0.25) is 0 Å². The van der Waals surface area contributed by atoms with E-state index in [4.69, 9.17) is 9.47 Å². The van der Waals surface area contributed by atoms with Crippen LogP contribution in [0.1, 0.15) is 52.1 Å². The van der Waals surface area contributed by atoms with Gasteiger partial charge in [0.25, 0.3) is 5.91 Å². The average molecular weight is 666 g/mol. The molecule has 2 unspecified atom stereocenters. The van der Waals surface area contributed by atoms with Crippen molar-refractivity contribution in [1.29, 1.82) is 0 Å². The van der Waals surface area contributed by atoms with E-state index in [1.165, 1.54) is 0 Å². The van der Waals surface area contributed by atoms with E-state index in [0.717, 1.165) is 35.5 Å². The van der Waals surface area contributed by atoms with Crippen molar-refractivity contribution in [3.05, 3.63) is 102 Å². The fourth-order valence-electron chi connectivity index (χ4n) is 5.81. The second kappa shape index (κ2) is 17.1. The SMILES string of the molecule is CBr.CCC1CC[NH+](CC(=O)c2ccc(C(=O)N3CCOCC3)cc2)C[C@@H]1OC(=O)[C@H](Nc1ccccc1)c1ccccc1. The summed E-state index contributed by atoms with van der Waals surface area (Å²) < 4.78 is 11.6. The Bertz CT molecular complexity index is 1330. The summed E-state index contributed by atoms with van der Waals surface area (Å²) in [7, 11) is 0. The molecule has 1 amide bonds. The fourth-order valence-corrected chi connectivity index (χ4v) is 5.81. The van der Waals surface area contributed by atoms with Gasteiger partial charge in [-0.25, -0.2) is 4.79 Å². The van der Waals surface area contributed by atoms with Crippen LogP contribution in [0, 0.1) is 5.92 Å². The number of benzene rings is 3. The lowest BCUT2D eigenvalue weighted by Crippen LogP contribution is -3.15. The standard InChI is InChI=1S/C34H39N3O5.CH3Br/c1-2-25-17-18-36(23-30(38)26-13-15-28(16-14-26)33(39)37-19-21-41-22-20-37)24-31(25)42-34(40)32(27-9-5-3-6-10-27)35-29-11-7-4-8-12-29;1-2/h3-16,25,31-32,35H,2,17-24H2,1H3;1H3/p+1/t25?,31-,32+;/m0./s1. The highest BCUT2D eigenvalue weighted by molar-refractivity contribution is 9.08. The number of carbonyl (C=O) groups is 3. The number of anilines is 1. The van der Waals surface area contributed by atoms with Gasteiger partial charge in [-0.3, -0.25) is 9.59 Å². The molecule has 5 rings (SSSR count). The van der Waals surface area contributed by atoms with Gasteiger partial charge in [0.1, 0.15) is 13.1 Å². The molecule has 2 fully saturated rings. The summed E-state index contributed by atoms with van der Waals surface area (Å²) in [6, 6.07) is 25.6. The highest BCUT2D eigenvalue weighted by atomic mass is 79.9. The number of Topliss-reactive ketones (excluding diaryl/α,β-unsaturated/α-hetero) is 1. The molecule has 4 atom stereocenters. The monoisotopic (exact) mass is 664 g/mol. The van der Waals surface area contributed by atoms with E-state index >= 15 is 0 Å². The summed E-state index contributed by atoms with van der Waals surface area (Å²) in [6.07, 6.45) is 1.50. The molecule has 9 heteroatoms. The number of amides is 1. The number of ketones is 1. The van der Waals surface area contributed by atoms with Gasteiger partial charge in [-0.15, -0.1) is 0 Å². The molecule has 0 radical (unpaired) electrons. The van der Waals surface area contributed by atoms with Gasteiger partial charge < -0.3 is 24.6 Å². The molecule has 3 aromatic rings. The highest BCUT2D eigenvalue weighted by Crippen LogP contribution is 2.25. The van der Waals surface area contributed by atoms with Gasteiger partial charge in [-0.05, 0) is 42.1 Å². The van der Waals surface area contributed by atoms with E-state index in [1.54, 1.807) is 29.2 Å². The van der Waals surface area contributed by atoms with Gasteiger partial charge >= 0.3 is 5.97 Å². The number of nitrogens with one attached hydrogen (secondary N) is 2. The van der Waals surface area contributed by atoms with Crippen LogP contribution >= 0.6 is 15.9 Å². The molecule has 0 aromatic heterocycles. The molecule has 8 nitrogen and oxygen atoms in total. The van der Waals surface area contributed by atoms with Crippen molar-refractivity contribution >= 4 is 39.3 Å². The number of hydrogen-bond donors (Lipinski definition) is 2. The van der Waals surface area contributed by atoms with Crippen molar-refractivity contribution in [2.24, 2.45) is 5.92 Å². The van der Waals surface area contributed by atoms with Crippen LogP contribution in [0.4, 0.5) is 5.69 Å². The Morgan fingerprint density at radius 1 is 0.932 bits per heavy atom. The average Bonchev–Trinajstić information content (AvgIpc) is 3.09. The molecule has 0 saturated carbocycles. The van der Waals surface area contributed by atoms with E-state index in [-0.39, 0.29) is 29.7 Å². The van der Waals surface area contributed by atoms with E-state index in [2.05, 4.69) is 28.2 Å². The Hall–Kier alpha value is -3.53. The molecule has 3 aromatic carbocycles. The third-order valence-electron chi connectivity index (χ3n) is 8.29. The van der Waals surface area contributed by atoms with Crippen LogP contribution in [-0.2, 0) is 14.3 Å². The lowest BCUT2D eigenvalue weighted by atomic mass is 9.91. The quantitative estimate of drug-likeness (QED) is 0.189. The molecule has 2 aliphatic heterocycles. The van der Waals surface area contributed by atoms with Crippen molar-refractivity contribution in [1.82, 2.24) is 4.90 Å². The number of carbonyl (C=O) groups excluding carboxylic acids is 3. The number of alkyl halides is 1. The van der Waals surface area contributed by atoms with Crippen molar-refractivity contribution in [3.8, 4) is 0 Å². The van der Waals surface area contributed by atoms with Gasteiger partial charge in [0.05, 0.1) is 19.8 Å². The normalized spacial score (nSPS) is 20.4. The minimum atomic E-state index is -0.642. The summed E-state index contributed by atoms with van der Waals surface area (Å²) >= 11 is 2.94. The van der Waals surface area contributed by atoms with Crippen molar-refractivity contribution < 1.29 is 28.8 Å². The minimum Gasteiger partial charge on any atom is -0.454 e. The molecule has 2 heterocycles. The topological polar surface area (TPSA) is 89.4 Å². The maximum atomic E-state index is 13.6. The fraction of sp³-hybridized carbons (Fsp3) is 0.400. The number of piperidine rings is 1. The lowest BCUT2D eigenvalue weighted by Gasteiger charge is -2.35. The molecule has 0 bridgehead atoms. The number of para-hydroxylation sites is 1. The van der Waals surface area contributed by atoms with Gasteiger partial charge in [0, 0.05) is 42.2 Å². The van der Waals surface area contributed by atoms with Gasteiger partial charge in [0.15, 0.2) is 12.1 Å². The third kappa shape index (κ3) is 9.00. The molecule has 2 saturated heterocycles. The van der Waals surface area contributed by atoms with Crippen molar-refractivity contribution in [2.45, 2.75) is 31.9 Å². The summed E-state index contributed by atoms with van der Waals surface area (Å²) in [5, 5.41) is 3.35. The molecule has 2 N–H and O–H groups in total. The molecule has 2 aliphatic rings. The number of hydrogen-bond acceptors (Lipinski definition) is 6. The maximum Gasteiger partial charge on any atom is 0.333 e. The molecule has 234 valence electrons. The first-order chi connectivity index (χ1) is 21.5. The zero-order valence-corrected chi connectivity index (χ0v) is 27.1. The summed E-state index contributed by atoms with van der Waals surface area (Å²) in [5.74, 6) is 1.72. The molecular formula is C35H43BrN3O5+. The molecule has 0 aliphatic carbocycles. The molecule has 0 spiro atoms. The van der Waals surface area contributed by atoms with E-state index in [9.17, 15) is 14.4 Å². The second-order valence-corrected chi connectivity index (χ2v) is 11.1. The number of morpholine rings is 1. The Balaban J connectivity index is 0.00000216. The zero-order chi connectivity index (χ0) is 31.3.